The van der Waals surface area contributed by atoms with E-state index in [1.54, 1.807) is 6.20 Å². The van der Waals surface area contributed by atoms with Crippen molar-refractivity contribution in [3.05, 3.63) is 101 Å². The zero-order chi connectivity index (χ0) is 21.6. The predicted molar refractivity (Wildman–Crippen MR) is 120 cm³/mol. The van der Waals surface area contributed by atoms with Gasteiger partial charge in [0.25, 0.3) is 0 Å². The van der Waals surface area contributed by atoms with Gasteiger partial charge in [-0.3, -0.25) is 14.6 Å². The van der Waals surface area contributed by atoms with Crippen molar-refractivity contribution in [3.8, 4) is 0 Å². The van der Waals surface area contributed by atoms with E-state index in [1.165, 1.54) is 6.92 Å². The van der Waals surface area contributed by atoms with E-state index in [-0.39, 0.29) is 23.8 Å². The lowest BCUT2D eigenvalue weighted by Crippen LogP contribution is -2.35. The first-order chi connectivity index (χ1) is 15.1. The summed E-state index contributed by atoms with van der Waals surface area (Å²) in [5, 5.41) is 2.79. The Kier molecular flexibility index (Phi) is 6.41. The summed E-state index contributed by atoms with van der Waals surface area (Å²) in [5.74, 6) is -0.290. The van der Waals surface area contributed by atoms with Gasteiger partial charge in [-0.05, 0) is 41.7 Å². The standard InChI is InChI=1S/C26H27N3O2/c1-19(30)28-18-23-17-22(14-15-27-23)24-13-8-16-29(24)26(31)25(20-9-4-2-5-10-20)21-11-6-3-7-12-21/h2-7,9-12,14-15,17,24-25H,8,13,16,18H2,1H3,(H,28,30). The van der Waals surface area contributed by atoms with Crippen LogP contribution in [0.2, 0.25) is 0 Å². The van der Waals surface area contributed by atoms with Gasteiger partial charge in [0.1, 0.15) is 0 Å². The maximum Gasteiger partial charge on any atom is 0.235 e. The van der Waals surface area contributed by atoms with Crippen LogP contribution < -0.4 is 5.32 Å². The van der Waals surface area contributed by atoms with Gasteiger partial charge in [-0.25, -0.2) is 0 Å². The molecule has 1 N–H and O–H groups in total. The smallest absolute Gasteiger partial charge is 0.235 e. The monoisotopic (exact) mass is 413 g/mol. The maximum atomic E-state index is 13.9. The summed E-state index contributed by atoms with van der Waals surface area (Å²) in [4.78, 5) is 31.5. The molecule has 1 aliphatic heterocycles. The average Bonchev–Trinajstić information content (AvgIpc) is 3.30. The zero-order valence-corrected chi connectivity index (χ0v) is 17.7. The first kappa shape index (κ1) is 20.8. The van der Waals surface area contributed by atoms with Crippen molar-refractivity contribution < 1.29 is 9.59 Å². The topological polar surface area (TPSA) is 62.3 Å². The number of benzene rings is 2. The summed E-state index contributed by atoms with van der Waals surface area (Å²) in [5.41, 5.74) is 3.88. The summed E-state index contributed by atoms with van der Waals surface area (Å²) in [6, 6.07) is 24.0. The maximum absolute atomic E-state index is 13.9. The van der Waals surface area contributed by atoms with Crippen LogP contribution in [-0.2, 0) is 16.1 Å². The molecule has 5 heteroatoms. The summed E-state index contributed by atoms with van der Waals surface area (Å²) >= 11 is 0. The van der Waals surface area contributed by atoms with Crippen LogP contribution in [0.5, 0.6) is 0 Å². The molecule has 0 radical (unpaired) electrons. The molecular weight excluding hydrogens is 386 g/mol. The van der Waals surface area contributed by atoms with Gasteiger partial charge < -0.3 is 10.2 Å². The van der Waals surface area contributed by atoms with E-state index < -0.39 is 0 Å². The third kappa shape index (κ3) is 4.82. The second-order valence-corrected chi connectivity index (χ2v) is 7.93. The van der Waals surface area contributed by atoms with Crippen LogP contribution in [-0.4, -0.2) is 28.2 Å². The second kappa shape index (κ2) is 9.56. The van der Waals surface area contributed by atoms with Gasteiger partial charge in [-0.1, -0.05) is 60.7 Å². The van der Waals surface area contributed by atoms with Gasteiger partial charge in [-0.2, -0.15) is 0 Å². The number of hydrogen-bond donors (Lipinski definition) is 1. The normalized spacial score (nSPS) is 15.8. The van der Waals surface area contributed by atoms with Gasteiger partial charge in [0.15, 0.2) is 0 Å². The van der Waals surface area contributed by atoms with Crippen molar-refractivity contribution in [2.24, 2.45) is 0 Å². The van der Waals surface area contributed by atoms with Crippen LogP contribution in [0.3, 0.4) is 0 Å². The summed E-state index contributed by atoms with van der Waals surface area (Å²) in [7, 11) is 0. The molecule has 2 amide bonds. The fraction of sp³-hybridized carbons (Fsp3) is 0.269. The number of carbonyl (C=O) groups is 2. The summed E-state index contributed by atoms with van der Waals surface area (Å²) in [6.07, 6.45) is 3.65. The van der Waals surface area contributed by atoms with E-state index in [2.05, 4.69) is 10.3 Å². The largest absolute Gasteiger partial charge is 0.351 e. The Morgan fingerprint density at radius 3 is 2.29 bits per heavy atom. The lowest BCUT2D eigenvalue weighted by molar-refractivity contribution is -0.132. The molecule has 1 aliphatic rings. The summed E-state index contributed by atoms with van der Waals surface area (Å²) in [6.45, 7) is 2.62. The molecule has 31 heavy (non-hydrogen) atoms. The van der Waals surface area contributed by atoms with Gasteiger partial charge in [0, 0.05) is 19.7 Å². The van der Waals surface area contributed by atoms with E-state index >= 15 is 0 Å². The second-order valence-electron chi connectivity index (χ2n) is 7.93. The molecule has 1 aromatic heterocycles. The Labute approximate surface area is 183 Å². The quantitative estimate of drug-likeness (QED) is 0.658. The molecule has 0 bridgehead atoms. The molecular formula is C26H27N3O2. The molecule has 1 unspecified atom stereocenters. The van der Waals surface area contributed by atoms with Crippen LogP contribution in [0.15, 0.2) is 79.0 Å². The number of pyridine rings is 1. The highest BCUT2D eigenvalue weighted by Gasteiger charge is 2.35. The van der Waals surface area contributed by atoms with Gasteiger partial charge in [0.05, 0.1) is 24.2 Å². The minimum absolute atomic E-state index is 0.0153. The van der Waals surface area contributed by atoms with Gasteiger partial charge in [-0.15, -0.1) is 0 Å². The molecule has 3 aromatic rings. The fourth-order valence-electron chi connectivity index (χ4n) is 4.33. The molecule has 158 valence electrons. The van der Waals surface area contributed by atoms with Crippen molar-refractivity contribution in [1.29, 1.82) is 0 Å². The highest BCUT2D eigenvalue weighted by Crippen LogP contribution is 2.36. The molecule has 0 saturated carbocycles. The number of hydrogen-bond acceptors (Lipinski definition) is 3. The number of rotatable bonds is 6. The summed E-state index contributed by atoms with van der Waals surface area (Å²) < 4.78 is 0. The van der Waals surface area contributed by atoms with Crippen LogP contribution in [0.25, 0.3) is 0 Å². The lowest BCUT2D eigenvalue weighted by Gasteiger charge is -2.30. The Hall–Kier alpha value is -3.47. The molecule has 5 nitrogen and oxygen atoms in total. The number of amides is 2. The fourth-order valence-corrected chi connectivity index (χ4v) is 4.33. The van der Waals surface area contributed by atoms with Crippen molar-refractivity contribution in [1.82, 2.24) is 15.2 Å². The number of carbonyl (C=O) groups excluding carboxylic acids is 2. The molecule has 1 fully saturated rings. The molecule has 1 atom stereocenters. The van der Waals surface area contributed by atoms with Crippen molar-refractivity contribution in [2.75, 3.05) is 6.54 Å². The van der Waals surface area contributed by atoms with Gasteiger partial charge >= 0.3 is 0 Å². The van der Waals surface area contributed by atoms with E-state index in [0.29, 0.717) is 6.54 Å². The van der Waals surface area contributed by atoms with Crippen LogP contribution in [0.4, 0.5) is 0 Å². The molecule has 2 aromatic carbocycles. The Bertz CT molecular complexity index is 997. The van der Waals surface area contributed by atoms with Crippen LogP contribution in [0.1, 0.15) is 54.1 Å². The first-order valence-corrected chi connectivity index (χ1v) is 10.7. The molecule has 0 spiro atoms. The third-order valence-electron chi connectivity index (χ3n) is 5.79. The van der Waals surface area contributed by atoms with Crippen LogP contribution >= 0.6 is 0 Å². The van der Waals surface area contributed by atoms with Crippen molar-refractivity contribution in [2.45, 2.75) is 38.3 Å². The molecule has 0 aliphatic carbocycles. The minimum atomic E-state index is -0.330. The van der Waals surface area contributed by atoms with Crippen molar-refractivity contribution in [3.63, 3.8) is 0 Å². The molecule has 2 heterocycles. The van der Waals surface area contributed by atoms with E-state index in [0.717, 1.165) is 41.8 Å². The predicted octanol–water partition coefficient (Wildman–Crippen LogP) is 4.21. The van der Waals surface area contributed by atoms with Crippen LogP contribution in [0, 0.1) is 0 Å². The number of nitrogens with zero attached hydrogens (tertiary/aromatic N) is 2. The van der Waals surface area contributed by atoms with E-state index in [9.17, 15) is 9.59 Å². The zero-order valence-electron chi connectivity index (χ0n) is 17.7. The van der Waals surface area contributed by atoms with Gasteiger partial charge in [0.2, 0.25) is 11.8 Å². The average molecular weight is 414 g/mol. The number of aromatic nitrogens is 1. The first-order valence-electron chi connectivity index (χ1n) is 10.7. The van der Waals surface area contributed by atoms with Crippen molar-refractivity contribution >= 4 is 11.8 Å². The Morgan fingerprint density at radius 1 is 1.03 bits per heavy atom. The highest BCUT2D eigenvalue weighted by atomic mass is 16.2. The van der Waals surface area contributed by atoms with E-state index in [4.69, 9.17) is 0 Å². The lowest BCUT2D eigenvalue weighted by atomic mass is 9.89. The number of likely N-dealkylation sites (tertiary alicyclic amines) is 1. The minimum Gasteiger partial charge on any atom is -0.351 e. The Morgan fingerprint density at radius 2 is 1.68 bits per heavy atom. The molecule has 4 rings (SSSR count). The Balaban J connectivity index is 1.63. The SMILES string of the molecule is CC(=O)NCc1cc(C2CCCN2C(=O)C(c2ccccc2)c2ccccc2)ccn1. The highest BCUT2D eigenvalue weighted by molar-refractivity contribution is 5.87. The van der Waals surface area contributed by atoms with E-state index in [1.807, 2.05) is 77.7 Å². The third-order valence-corrected chi connectivity index (χ3v) is 5.79. The number of nitrogens with one attached hydrogen (secondary N) is 1. The molecule has 1 saturated heterocycles.